The first-order chi connectivity index (χ1) is 8.47. The SMILES string of the molecule is C[C@@H]1CN(Cc2ccccc2)CCN1S(C)(=O)=O. The Morgan fingerprint density at radius 1 is 1.22 bits per heavy atom. The molecule has 1 saturated heterocycles. The van der Waals surface area contributed by atoms with Gasteiger partial charge < -0.3 is 0 Å². The van der Waals surface area contributed by atoms with E-state index in [1.54, 1.807) is 4.31 Å². The molecule has 5 heteroatoms. The molecular weight excluding hydrogens is 248 g/mol. The number of sulfonamides is 1. The highest BCUT2D eigenvalue weighted by atomic mass is 32.2. The third-order valence-electron chi connectivity index (χ3n) is 3.33. The first-order valence-corrected chi connectivity index (χ1v) is 8.05. The van der Waals surface area contributed by atoms with E-state index in [9.17, 15) is 8.42 Å². The van der Waals surface area contributed by atoms with Crippen LogP contribution in [0.3, 0.4) is 0 Å². The van der Waals surface area contributed by atoms with Crippen molar-refractivity contribution in [3.05, 3.63) is 35.9 Å². The fourth-order valence-electron chi connectivity index (χ4n) is 2.49. The average molecular weight is 268 g/mol. The van der Waals surface area contributed by atoms with Crippen LogP contribution in [0.25, 0.3) is 0 Å². The smallest absolute Gasteiger partial charge is 0.211 e. The van der Waals surface area contributed by atoms with Gasteiger partial charge in [-0.05, 0) is 12.5 Å². The maximum atomic E-state index is 11.6. The van der Waals surface area contributed by atoms with Crippen LogP contribution in [0.5, 0.6) is 0 Å². The molecule has 0 saturated carbocycles. The minimum Gasteiger partial charge on any atom is -0.296 e. The highest BCUT2D eigenvalue weighted by Gasteiger charge is 2.29. The van der Waals surface area contributed by atoms with Crippen LogP contribution in [0.15, 0.2) is 30.3 Å². The van der Waals surface area contributed by atoms with Crippen molar-refractivity contribution in [3.63, 3.8) is 0 Å². The molecule has 100 valence electrons. The molecule has 0 radical (unpaired) electrons. The van der Waals surface area contributed by atoms with Gasteiger partial charge in [0.25, 0.3) is 0 Å². The maximum Gasteiger partial charge on any atom is 0.211 e. The van der Waals surface area contributed by atoms with Crippen LogP contribution < -0.4 is 0 Å². The minimum absolute atomic E-state index is 0.0532. The van der Waals surface area contributed by atoms with E-state index in [-0.39, 0.29) is 6.04 Å². The summed E-state index contributed by atoms with van der Waals surface area (Å²) in [5.41, 5.74) is 1.28. The molecule has 0 spiro atoms. The molecule has 0 unspecified atom stereocenters. The Hall–Kier alpha value is -0.910. The number of piperazine rings is 1. The largest absolute Gasteiger partial charge is 0.296 e. The number of nitrogens with zero attached hydrogens (tertiary/aromatic N) is 2. The van der Waals surface area contributed by atoms with Crippen LogP contribution in [0.1, 0.15) is 12.5 Å². The number of hydrogen-bond acceptors (Lipinski definition) is 3. The van der Waals surface area contributed by atoms with Gasteiger partial charge in [0.1, 0.15) is 0 Å². The van der Waals surface area contributed by atoms with E-state index in [0.717, 1.165) is 19.6 Å². The van der Waals surface area contributed by atoms with Crippen molar-refractivity contribution in [2.75, 3.05) is 25.9 Å². The van der Waals surface area contributed by atoms with Crippen molar-refractivity contribution in [2.24, 2.45) is 0 Å². The van der Waals surface area contributed by atoms with Crippen LogP contribution in [-0.4, -0.2) is 49.6 Å². The first kappa shape index (κ1) is 13.5. The predicted molar refractivity (Wildman–Crippen MR) is 72.7 cm³/mol. The first-order valence-electron chi connectivity index (χ1n) is 6.20. The zero-order valence-electron chi connectivity index (χ0n) is 10.9. The van der Waals surface area contributed by atoms with E-state index < -0.39 is 10.0 Å². The molecule has 1 atom stereocenters. The molecule has 1 fully saturated rings. The number of benzene rings is 1. The van der Waals surface area contributed by atoms with Gasteiger partial charge in [-0.25, -0.2) is 8.42 Å². The highest BCUT2D eigenvalue weighted by molar-refractivity contribution is 7.88. The summed E-state index contributed by atoms with van der Waals surface area (Å²) in [6.07, 6.45) is 1.29. The second-order valence-electron chi connectivity index (χ2n) is 4.94. The third kappa shape index (κ3) is 3.31. The minimum atomic E-state index is -3.06. The van der Waals surface area contributed by atoms with E-state index in [1.165, 1.54) is 11.8 Å². The molecule has 0 bridgehead atoms. The molecule has 2 rings (SSSR count). The molecule has 1 aromatic rings. The Kier molecular flexibility index (Phi) is 4.04. The Morgan fingerprint density at radius 3 is 2.44 bits per heavy atom. The fourth-order valence-corrected chi connectivity index (χ4v) is 3.63. The summed E-state index contributed by atoms with van der Waals surface area (Å²) < 4.78 is 24.7. The summed E-state index contributed by atoms with van der Waals surface area (Å²) in [6, 6.07) is 10.3. The Labute approximate surface area is 109 Å². The van der Waals surface area contributed by atoms with E-state index in [1.807, 2.05) is 25.1 Å². The molecule has 0 aliphatic carbocycles. The zero-order chi connectivity index (χ0) is 13.2. The van der Waals surface area contributed by atoms with Crippen LogP contribution in [-0.2, 0) is 16.6 Å². The van der Waals surface area contributed by atoms with Crippen molar-refractivity contribution < 1.29 is 8.42 Å². The Balaban J connectivity index is 1.97. The van der Waals surface area contributed by atoms with Gasteiger partial charge in [0.2, 0.25) is 10.0 Å². The lowest BCUT2D eigenvalue weighted by Crippen LogP contribution is -2.53. The molecule has 1 aromatic carbocycles. The molecule has 0 aromatic heterocycles. The summed E-state index contributed by atoms with van der Waals surface area (Å²) in [7, 11) is -3.06. The molecule has 1 heterocycles. The second-order valence-corrected chi connectivity index (χ2v) is 6.88. The lowest BCUT2D eigenvalue weighted by molar-refractivity contribution is 0.138. The summed E-state index contributed by atoms with van der Waals surface area (Å²) in [5.74, 6) is 0. The molecule has 0 amide bonds. The van der Waals surface area contributed by atoms with Gasteiger partial charge in [-0.1, -0.05) is 30.3 Å². The van der Waals surface area contributed by atoms with E-state index in [2.05, 4.69) is 17.0 Å². The van der Waals surface area contributed by atoms with Gasteiger partial charge in [0, 0.05) is 32.2 Å². The zero-order valence-corrected chi connectivity index (χ0v) is 11.7. The molecule has 18 heavy (non-hydrogen) atoms. The molecule has 1 aliphatic rings. The van der Waals surface area contributed by atoms with Gasteiger partial charge in [-0.15, -0.1) is 0 Å². The van der Waals surface area contributed by atoms with E-state index in [0.29, 0.717) is 6.54 Å². The van der Waals surface area contributed by atoms with Crippen LogP contribution in [0.4, 0.5) is 0 Å². The second kappa shape index (κ2) is 5.38. The Bertz CT molecular complexity index is 487. The molecule has 1 aliphatic heterocycles. The monoisotopic (exact) mass is 268 g/mol. The van der Waals surface area contributed by atoms with Gasteiger partial charge in [0.05, 0.1) is 6.26 Å². The molecule has 4 nitrogen and oxygen atoms in total. The third-order valence-corrected chi connectivity index (χ3v) is 4.72. The van der Waals surface area contributed by atoms with Crippen molar-refractivity contribution in [3.8, 4) is 0 Å². The maximum absolute atomic E-state index is 11.6. The van der Waals surface area contributed by atoms with E-state index in [4.69, 9.17) is 0 Å². The predicted octanol–water partition coefficient (Wildman–Crippen LogP) is 1.15. The molecular formula is C13H20N2O2S. The summed E-state index contributed by atoms with van der Waals surface area (Å²) in [6.45, 7) is 5.04. The average Bonchev–Trinajstić information content (AvgIpc) is 2.28. The Morgan fingerprint density at radius 2 is 1.89 bits per heavy atom. The topological polar surface area (TPSA) is 40.6 Å². The van der Waals surface area contributed by atoms with Gasteiger partial charge in [-0.3, -0.25) is 4.90 Å². The van der Waals surface area contributed by atoms with Crippen LogP contribution in [0.2, 0.25) is 0 Å². The van der Waals surface area contributed by atoms with Crippen molar-refractivity contribution in [1.29, 1.82) is 0 Å². The van der Waals surface area contributed by atoms with Gasteiger partial charge in [-0.2, -0.15) is 4.31 Å². The standard InChI is InChI=1S/C13H20N2O2S/c1-12-10-14(8-9-15(12)18(2,16)17)11-13-6-4-3-5-7-13/h3-7,12H,8-11H2,1-2H3/t12-/m1/s1. The van der Waals surface area contributed by atoms with Gasteiger partial charge in [0.15, 0.2) is 0 Å². The number of hydrogen-bond donors (Lipinski definition) is 0. The van der Waals surface area contributed by atoms with E-state index >= 15 is 0 Å². The summed E-state index contributed by atoms with van der Waals surface area (Å²) in [5, 5.41) is 0. The summed E-state index contributed by atoms with van der Waals surface area (Å²) >= 11 is 0. The number of rotatable bonds is 3. The lowest BCUT2D eigenvalue weighted by Gasteiger charge is -2.38. The quantitative estimate of drug-likeness (QED) is 0.826. The lowest BCUT2D eigenvalue weighted by atomic mass is 10.1. The highest BCUT2D eigenvalue weighted by Crippen LogP contribution is 2.15. The van der Waals surface area contributed by atoms with Crippen molar-refractivity contribution in [2.45, 2.75) is 19.5 Å². The van der Waals surface area contributed by atoms with Crippen molar-refractivity contribution in [1.82, 2.24) is 9.21 Å². The normalized spacial score (nSPS) is 23.1. The van der Waals surface area contributed by atoms with Crippen LogP contribution >= 0.6 is 0 Å². The van der Waals surface area contributed by atoms with Crippen molar-refractivity contribution >= 4 is 10.0 Å². The molecule has 0 N–H and O–H groups in total. The van der Waals surface area contributed by atoms with Gasteiger partial charge >= 0.3 is 0 Å². The summed E-state index contributed by atoms with van der Waals surface area (Å²) in [4.78, 5) is 2.31. The fraction of sp³-hybridized carbons (Fsp3) is 0.538. The van der Waals surface area contributed by atoms with Crippen LogP contribution in [0, 0.1) is 0 Å².